The fourth-order valence-corrected chi connectivity index (χ4v) is 3.59. The summed E-state index contributed by atoms with van der Waals surface area (Å²) in [7, 11) is 0. The van der Waals surface area contributed by atoms with Gasteiger partial charge in [-0.2, -0.15) is 0 Å². The van der Waals surface area contributed by atoms with Crippen LogP contribution in [0.25, 0.3) is 11.0 Å². The van der Waals surface area contributed by atoms with Crippen LogP contribution in [-0.2, 0) is 10.2 Å². The summed E-state index contributed by atoms with van der Waals surface area (Å²) in [5.41, 5.74) is 2.99. The Kier molecular flexibility index (Phi) is 4.38. The Balaban J connectivity index is 2.05. The molecule has 0 radical (unpaired) electrons. The highest BCUT2D eigenvalue weighted by atomic mass is 16.4. The minimum Gasteiger partial charge on any atom is -0.481 e. The molecule has 27 heavy (non-hydrogen) atoms. The molecule has 0 saturated heterocycles. The van der Waals surface area contributed by atoms with Gasteiger partial charge in [0.2, 0.25) is 0 Å². The molecule has 0 aliphatic rings. The molecule has 0 atom stereocenters. The molecule has 1 N–H and O–H groups in total. The lowest BCUT2D eigenvalue weighted by Gasteiger charge is -2.33. The number of hydrogen-bond acceptors (Lipinski definition) is 3. The van der Waals surface area contributed by atoms with Crippen molar-refractivity contribution in [2.24, 2.45) is 0 Å². The Morgan fingerprint density at radius 3 is 1.85 bits per heavy atom. The third kappa shape index (κ3) is 3.06. The molecule has 3 aromatic carbocycles. The fourth-order valence-electron chi connectivity index (χ4n) is 3.59. The minimum atomic E-state index is -0.925. The van der Waals surface area contributed by atoms with Crippen LogP contribution in [0, 0.1) is 0 Å². The number of benzene rings is 3. The van der Waals surface area contributed by atoms with E-state index in [2.05, 4.69) is 4.98 Å². The number of nitrogens with zero attached hydrogens (tertiary/aromatic N) is 2. The molecule has 0 aliphatic heterocycles. The van der Waals surface area contributed by atoms with Gasteiger partial charge in [-0.15, -0.1) is 0 Å². The SMILES string of the molecule is O=C(O)CC(c1ccccc1)(c1ccccc1)c1cnc2ccccc2n1. The number of carboxylic acid groups (broad SMARTS) is 1. The molecule has 0 amide bonds. The van der Waals surface area contributed by atoms with Gasteiger partial charge in [-0.25, -0.2) is 4.98 Å². The zero-order valence-corrected chi connectivity index (χ0v) is 14.6. The maximum Gasteiger partial charge on any atom is 0.305 e. The van der Waals surface area contributed by atoms with Crippen LogP contribution in [0.15, 0.2) is 91.1 Å². The van der Waals surface area contributed by atoms with Gasteiger partial charge in [0.15, 0.2) is 0 Å². The maximum atomic E-state index is 12.0. The van der Waals surface area contributed by atoms with Crippen LogP contribution in [0.2, 0.25) is 0 Å². The van der Waals surface area contributed by atoms with Gasteiger partial charge in [0.25, 0.3) is 0 Å². The Bertz CT molecular complexity index is 1040. The zero-order chi connectivity index (χ0) is 18.7. The standard InChI is InChI=1S/C23H18N2O2/c26-22(27)15-23(17-9-3-1-4-10-17,18-11-5-2-6-12-18)21-16-24-19-13-7-8-14-20(19)25-21/h1-14,16H,15H2,(H,26,27). The number of hydrogen-bond donors (Lipinski definition) is 1. The summed E-state index contributed by atoms with van der Waals surface area (Å²) in [6.07, 6.45) is 1.58. The van der Waals surface area contributed by atoms with E-state index in [4.69, 9.17) is 4.98 Å². The van der Waals surface area contributed by atoms with Crippen LogP contribution in [0.1, 0.15) is 23.2 Å². The first kappa shape index (κ1) is 16.9. The third-order valence-electron chi connectivity index (χ3n) is 4.84. The average Bonchev–Trinajstić information content (AvgIpc) is 2.73. The van der Waals surface area contributed by atoms with Crippen molar-refractivity contribution in [1.29, 1.82) is 0 Å². The summed E-state index contributed by atoms with van der Waals surface area (Å²) in [5, 5.41) is 9.80. The first-order chi connectivity index (χ1) is 13.2. The summed E-state index contributed by atoms with van der Waals surface area (Å²) in [6, 6.07) is 26.9. The summed E-state index contributed by atoms with van der Waals surface area (Å²) in [6.45, 7) is 0. The van der Waals surface area contributed by atoms with E-state index in [9.17, 15) is 9.90 Å². The molecule has 4 heteroatoms. The van der Waals surface area contributed by atoms with Crippen molar-refractivity contribution in [2.45, 2.75) is 11.8 Å². The van der Waals surface area contributed by atoms with Crippen LogP contribution in [0.5, 0.6) is 0 Å². The predicted octanol–water partition coefficient (Wildman–Crippen LogP) is 4.44. The molecule has 0 unspecified atom stereocenters. The van der Waals surface area contributed by atoms with Crippen LogP contribution in [0.4, 0.5) is 0 Å². The Morgan fingerprint density at radius 2 is 1.30 bits per heavy atom. The lowest BCUT2D eigenvalue weighted by atomic mass is 9.69. The van der Waals surface area contributed by atoms with Gasteiger partial charge in [0.05, 0.1) is 34.8 Å². The molecule has 4 rings (SSSR count). The van der Waals surface area contributed by atoms with Crippen molar-refractivity contribution < 1.29 is 9.90 Å². The molecule has 132 valence electrons. The highest BCUT2D eigenvalue weighted by molar-refractivity contribution is 5.76. The second-order valence-corrected chi connectivity index (χ2v) is 6.45. The van der Waals surface area contributed by atoms with Crippen LogP contribution in [0.3, 0.4) is 0 Å². The molecule has 1 heterocycles. The van der Waals surface area contributed by atoms with Crippen molar-refractivity contribution in [3.8, 4) is 0 Å². The van der Waals surface area contributed by atoms with E-state index in [-0.39, 0.29) is 6.42 Å². The molecule has 0 bridgehead atoms. The van der Waals surface area contributed by atoms with Crippen molar-refractivity contribution in [1.82, 2.24) is 9.97 Å². The molecule has 1 aromatic heterocycles. The van der Waals surface area contributed by atoms with E-state index in [1.165, 1.54) is 0 Å². The second-order valence-electron chi connectivity index (χ2n) is 6.45. The number of aromatic nitrogens is 2. The second kappa shape index (κ2) is 7.00. The number of carbonyl (C=O) groups is 1. The van der Waals surface area contributed by atoms with Gasteiger partial charge in [0.1, 0.15) is 0 Å². The number of fused-ring (bicyclic) bond motifs is 1. The lowest BCUT2D eigenvalue weighted by molar-refractivity contribution is -0.137. The molecule has 4 nitrogen and oxygen atoms in total. The number of aliphatic carboxylic acids is 1. The van der Waals surface area contributed by atoms with Gasteiger partial charge in [0, 0.05) is 0 Å². The Morgan fingerprint density at radius 1 is 0.778 bits per heavy atom. The molecule has 0 spiro atoms. The summed E-state index contributed by atoms with van der Waals surface area (Å²) in [4.78, 5) is 21.3. The molecule has 0 saturated carbocycles. The lowest BCUT2D eigenvalue weighted by Crippen LogP contribution is -2.33. The first-order valence-corrected chi connectivity index (χ1v) is 8.75. The van der Waals surface area contributed by atoms with Gasteiger partial charge in [-0.05, 0) is 23.3 Å². The highest BCUT2D eigenvalue weighted by Gasteiger charge is 2.40. The number of carboxylic acids is 1. The van der Waals surface area contributed by atoms with E-state index < -0.39 is 11.4 Å². The van der Waals surface area contributed by atoms with E-state index >= 15 is 0 Å². The van der Waals surface area contributed by atoms with E-state index in [1.54, 1.807) is 6.20 Å². The molecule has 0 aliphatic carbocycles. The normalized spacial score (nSPS) is 11.4. The van der Waals surface area contributed by atoms with Gasteiger partial charge >= 0.3 is 5.97 Å². The van der Waals surface area contributed by atoms with E-state index in [0.717, 1.165) is 22.2 Å². The summed E-state index contributed by atoms with van der Waals surface area (Å²) < 4.78 is 0. The molecular weight excluding hydrogens is 336 g/mol. The van der Waals surface area contributed by atoms with Crippen molar-refractivity contribution >= 4 is 17.0 Å². The number of para-hydroxylation sites is 2. The predicted molar refractivity (Wildman–Crippen MR) is 105 cm³/mol. The van der Waals surface area contributed by atoms with Gasteiger partial charge in [-0.3, -0.25) is 9.78 Å². The fraction of sp³-hybridized carbons (Fsp3) is 0.0870. The van der Waals surface area contributed by atoms with Crippen LogP contribution in [-0.4, -0.2) is 21.0 Å². The van der Waals surface area contributed by atoms with Crippen molar-refractivity contribution in [3.63, 3.8) is 0 Å². The van der Waals surface area contributed by atoms with Crippen molar-refractivity contribution in [3.05, 3.63) is 108 Å². The van der Waals surface area contributed by atoms with E-state index in [1.807, 2.05) is 84.9 Å². The Hall–Kier alpha value is -3.53. The smallest absolute Gasteiger partial charge is 0.305 e. The van der Waals surface area contributed by atoms with Crippen LogP contribution < -0.4 is 0 Å². The highest BCUT2D eigenvalue weighted by Crippen LogP contribution is 2.41. The zero-order valence-electron chi connectivity index (χ0n) is 14.6. The van der Waals surface area contributed by atoms with Crippen LogP contribution >= 0.6 is 0 Å². The maximum absolute atomic E-state index is 12.0. The average molecular weight is 354 g/mol. The van der Waals surface area contributed by atoms with Gasteiger partial charge in [-0.1, -0.05) is 72.8 Å². The summed E-state index contributed by atoms with van der Waals surface area (Å²) in [5.74, 6) is -0.891. The minimum absolute atomic E-state index is 0.117. The summed E-state index contributed by atoms with van der Waals surface area (Å²) >= 11 is 0. The topological polar surface area (TPSA) is 63.1 Å². The largest absolute Gasteiger partial charge is 0.481 e. The van der Waals surface area contributed by atoms with Gasteiger partial charge < -0.3 is 5.11 Å². The molecule has 4 aromatic rings. The monoisotopic (exact) mass is 354 g/mol. The first-order valence-electron chi connectivity index (χ1n) is 8.75. The number of rotatable bonds is 5. The molecular formula is C23H18N2O2. The Labute approximate surface area is 157 Å². The quantitative estimate of drug-likeness (QED) is 0.575. The van der Waals surface area contributed by atoms with Crippen molar-refractivity contribution in [2.75, 3.05) is 0 Å². The van der Waals surface area contributed by atoms with E-state index in [0.29, 0.717) is 5.69 Å². The molecule has 0 fully saturated rings. The third-order valence-corrected chi connectivity index (χ3v) is 4.84.